The minimum Gasteiger partial charge on any atom is -0.483 e. The molecule has 0 spiro atoms. The lowest BCUT2D eigenvalue weighted by Gasteiger charge is -2.12. The van der Waals surface area contributed by atoms with Crippen molar-refractivity contribution in [1.29, 1.82) is 0 Å². The first-order valence-electron chi connectivity index (χ1n) is 6.23. The van der Waals surface area contributed by atoms with Gasteiger partial charge < -0.3 is 10.5 Å². The average molecular weight is 297 g/mol. The molecule has 0 amide bonds. The van der Waals surface area contributed by atoms with E-state index < -0.39 is 12.8 Å². The Balaban J connectivity index is 2.20. The minimum absolute atomic E-state index is 0.0577. The normalized spacial score (nSPS) is 13.0. The molecule has 4 nitrogen and oxygen atoms in total. The molecule has 0 aliphatic carbocycles. The van der Waals surface area contributed by atoms with Crippen LogP contribution in [0.15, 0.2) is 36.7 Å². The molecule has 0 aliphatic rings. The molecule has 21 heavy (non-hydrogen) atoms. The number of hydrogen-bond donors (Lipinski definition) is 1. The Morgan fingerprint density at radius 3 is 2.57 bits per heavy atom. The van der Waals surface area contributed by atoms with E-state index in [-0.39, 0.29) is 11.8 Å². The van der Waals surface area contributed by atoms with E-state index >= 15 is 0 Å². The van der Waals surface area contributed by atoms with Crippen LogP contribution in [0.2, 0.25) is 0 Å². The number of pyridine rings is 2. The molecule has 0 aromatic carbocycles. The molecule has 0 saturated heterocycles. The highest BCUT2D eigenvalue weighted by molar-refractivity contribution is 5.62. The quantitative estimate of drug-likeness (QED) is 0.942. The molecule has 2 aromatic rings. The van der Waals surface area contributed by atoms with Gasteiger partial charge in [-0.15, -0.1) is 0 Å². The summed E-state index contributed by atoms with van der Waals surface area (Å²) in [6.45, 7) is 0.457. The number of ether oxygens (including phenoxy) is 1. The highest BCUT2D eigenvalue weighted by Gasteiger charge is 2.28. The van der Waals surface area contributed by atoms with Crippen molar-refractivity contribution in [3.8, 4) is 17.0 Å². The van der Waals surface area contributed by atoms with E-state index in [0.29, 0.717) is 11.4 Å². The van der Waals surface area contributed by atoms with Crippen molar-refractivity contribution in [3.05, 3.63) is 42.4 Å². The third-order valence-corrected chi connectivity index (χ3v) is 2.68. The van der Waals surface area contributed by atoms with Crippen LogP contribution in [0, 0.1) is 0 Å². The molecule has 2 heterocycles. The van der Waals surface area contributed by atoms with Crippen LogP contribution < -0.4 is 10.5 Å². The van der Waals surface area contributed by atoms with Crippen LogP contribution in [0.25, 0.3) is 11.3 Å². The first-order chi connectivity index (χ1) is 9.87. The Labute approximate surface area is 119 Å². The molecule has 0 bridgehead atoms. The van der Waals surface area contributed by atoms with E-state index in [1.807, 2.05) is 6.07 Å². The van der Waals surface area contributed by atoms with E-state index in [9.17, 15) is 13.2 Å². The fourth-order valence-corrected chi connectivity index (χ4v) is 1.79. The summed E-state index contributed by atoms with van der Waals surface area (Å²) in [6, 6.07) is 6.30. The maximum atomic E-state index is 12.1. The van der Waals surface area contributed by atoms with Crippen LogP contribution in [-0.2, 0) is 0 Å². The standard InChI is InChI=1S/C14H14F3N3O/c1-9(18)13-11(3-2-6-19-13)12-5-4-10(7-20-12)21-8-14(15,16)17/h2-7,9H,8,18H2,1H3. The average Bonchev–Trinajstić information content (AvgIpc) is 2.45. The predicted octanol–water partition coefficient (Wildman–Crippen LogP) is 3.10. The molecule has 7 heteroatoms. The maximum Gasteiger partial charge on any atom is 0.422 e. The van der Waals surface area contributed by atoms with Crippen LogP contribution in [0.1, 0.15) is 18.7 Å². The second-order valence-corrected chi connectivity index (χ2v) is 4.51. The van der Waals surface area contributed by atoms with Crippen molar-refractivity contribution in [1.82, 2.24) is 9.97 Å². The number of halogens is 3. The predicted molar refractivity (Wildman–Crippen MR) is 71.6 cm³/mol. The molecule has 1 atom stereocenters. The molecule has 2 aromatic heterocycles. The van der Waals surface area contributed by atoms with Gasteiger partial charge >= 0.3 is 6.18 Å². The number of hydrogen-bond acceptors (Lipinski definition) is 4. The lowest BCUT2D eigenvalue weighted by atomic mass is 10.1. The van der Waals surface area contributed by atoms with Gasteiger partial charge in [0.05, 0.1) is 17.6 Å². The Kier molecular flexibility index (Phi) is 4.42. The third kappa shape index (κ3) is 4.16. The third-order valence-electron chi connectivity index (χ3n) is 2.68. The number of aromatic nitrogens is 2. The molecular formula is C14H14F3N3O. The summed E-state index contributed by atoms with van der Waals surface area (Å²) >= 11 is 0. The van der Waals surface area contributed by atoms with Crippen molar-refractivity contribution in [2.75, 3.05) is 6.61 Å². The summed E-state index contributed by atoms with van der Waals surface area (Å²) in [6.07, 6.45) is -1.49. The number of nitrogens with zero attached hydrogens (tertiary/aromatic N) is 2. The Hall–Kier alpha value is -2.15. The molecule has 0 saturated carbocycles. The molecule has 2 rings (SSSR count). The van der Waals surface area contributed by atoms with Crippen LogP contribution in [0.3, 0.4) is 0 Å². The summed E-state index contributed by atoms with van der Waals surface area (Å²) in [4.78, 5) is 8.31. The minimum atomic E-state index is -4.37. The molecule has 0 aliphatic heterocycles. The first kappa shape index (κ1) is 15.2. The van der Waals surface area contributed by atoms with Crippen LogP contribution >= 0.6 is 0 Å². The van der Waals surface area contributed by atoms with E-state index in [1.165, 1.54) is 12.3 Å². The van der Waals surface area contributed by atoms with E-state index in [2.05, 4.69) is 14.7 Å². The van der Waals surface area contributed by atoms with Gasteiger partial charge in [0, 0.05) is 17.8 Å². The van der Waals surface area contributed by atoms with Gasteiger partial charge in [0.2, 0.25) is 0 Å². The number of nitrogens with two attached hydrogens (primary N) is 1. The Bertz CT molecular complexity index is 597. The summed E-state index contributed by atoms with van der Waals surface area (Å²) in [5.41, 5.74) is 7.84. The Morgan fingerprint density at radius 2 is 2.00 bits per heavy atom. The van der Waals surface area contributed by atoms with Crippen molar-refractivity contribution < 1.29 is 17.9 Å². The number of alkyl halides is 3. The molecule has 2 N–H and O–H groups in total. The fourth-order valence-electron chi connectivity index (χ4n) is 1.79. The van der Waals surface area contributed by atoms with E-state index in [1.54, 1.807) is 25.3 Å². The van der Waals surface area contributed by atoms with Gasteiger partial charge in [-0.25, -0.2) is 0 Å². The largest absolute Gasteiger partial charge is 0.483 e. The zero-order chi connectivity index (χ0) is 15.5. The smallest absolute Gasteiger partial charge is 0.422 e. The maximum absolute atomic E-state index is 12.1. The topological polar surface area (TPSA) is 61.0 Å². The highest BCUT2D eigenvalue weighted by atomic mass is 19.4. The molecular weight excluding hydrogens is 283 g/mol. The van der Waals surface area contributed by atoms with Gasteiger partial charge in [-0.2, -0.15) is 13.2 Å². The number of rotatable bonds is 4. The Morgan fingerprint density at radius 1 is 1.24 bits per heavy atom. The monoisotopic (exact) mass is 297 g/mol. The SMILES string of the molecule is CC(N)c1ncccc1-c1ccc(OCC(F)(F)F)cn1. The van der Waals surface area contributed by atoms with Gasteiger partial charge in [-0.3, -0.25) is 9.97 Å². The lowest BCUT2D eigenvalue weighted by Crippen LogP contribution is -2.19. The van der Waals surface area contributed by atoms with E-state index in [4.69, 9.17) is 5.73 Å². The zero-order valence-corrected chi connectivity index (χ0v) is 11.3. The lowest BCUT2D eigenvalue weighted by molar-refractivity contribution is -0.153. The first-order valence-corrected chi connectivity index (χ1v) is 6.23. The van der Waals surface area contributed by atoms with Crippen molar-refractivity contribution in [2.45, 2.75) is 19.1 Å². The molecule has 112 valence electrons. The van der Waals surface area contributed by atoms with Crippen LogP contribution in [0.5, 0.6) is 5.75 Å². The summed E-state index contributed by atoms with van der Waals surface area (Å²) < 4.78 is 40.8. The van der Waals surface area contributed by atoms with Crippen molar-refractivity contribution in [2.24, 2.45) is 5.73 Å². The van der Waals surface area contributed by atoms with Gasteiger partial charge in [-0.05, 0) is 31.2 Å². The summed E-state index contributed by atoms with van der Waals surface area (Å²) in [5, 5.41) is 0. The fraction of sp³-hybridized carbons (Fsp3) is 0.286. The zero-order valence-electron chi connectivity index (χ0n) is 11.3. The molecule has 1 unspecified atom stereocenters. The summed E-state index contributed by atoms with van der Waals surface area (Å²) in [7, 11) is 0. The van der Waals surface area contributed by atoms with Gasteiger partial charge in [-0.1, -0.05) is 0 Å². The second-order valence-electron chi connectivity index (χ2n) is 4.51. The summed E-state index contributed by atoms with van der Waals surface area (Å²) in [5.74, 6) is 0.0577. The van der Waals surface area contributed by atoms with Gasteiger partial charge in [0.1, 0.15) is 5.75 Å². The van der Waals surface area contributed by atoms with Gasteiger partial charge in [0.15, 0.2) is 6.61 Å². The molecule has 0 radical (unpaired) electrons. The van der Waals surface area contributed by atoms with Crippen molar-refractivity contribution >= 4 is 0 Å². The van der Waals surface area contributed by atoms with Gasteiger partial charge in [0.25, 0.3) is 0 Å². The van der Waals surface area contributed by atoms with Crippen LogP contribution in [0.4, 0.5) is 13.2 Å². The van der Waals surface area contributed by atoms with Crippen molar-refractivity contribution in [3.63, 3.8) is 0 Å². The highest BCUT2D eigenvalue weighted by Crippen LogP contribution is 2.25. The van der Waals surface area contributed by atoms with Crippen LogP contribution in [-0.4, -0.2) is 22.8 Å². The van der Waals surface area contributed by atoms with E-state index in [0.717, 1.165) is 5.56 Å². The second kappa shape index (κ2) is 6.09. The molecule has 0 fully saturated rings.